The predicted octanol–water partition coefficient (Wildman–Crippen LogP) is 7.34. The number of benzene rings is 1. The van der Waals surface area contributed by atoms with Crippen LogP contribution in [0.5, 0.6) is 11.5 Å². The van der Waals surface area contributed by atoms with Crippen LogP contribution < -0.4 is 15.2 Å². The number of hydrogen-bond donors (Lipinski definition) is 1. The van der Waals surface area contributed by atoms with E-state index in [4.69, 9.17) is 15.2 Å². The second-order valence-corrected chi connectivity index (χ2v) is 7.98. The first-order valence-electron chi connectivity index (χ1n) is 11.9. The summed E-state index contributed by atoms with van der Waals surface area (Å²) in [6.45, 7) is 5.75. The molecule has 0 aromatic heterocycles. The van der Waals surface area contributed by atoms with Gasteiger partial charge in [-0.1, -0.05) is 90.9 Å². The number of nitrogen functional groups attached to an aromatic ring is 1. The van der Waals surface area contributed by atoms with Gasteiger partial charge in [0.2, 0.25) is 0 Å². The minimum atomic E-state index is 0.409. The van der Waals surface area contributed by atoms with Gasteiger partial charge in [-0.25, -0.2) is 0 Å². The lowest BCUT2D eigenvalue weighted by Gasteiger charge is -2.14. The van der Waals surface area contributed by atoms with E-state index in [1.165, 1.54) is 77.0 Å². The van der Waals surface area contributed by atoms with E-state index in [0.717, 1.165) is 19.1 Å². The summed E-state index contributed by atoms with van der Waals surface area (Å²) in [5.41, 5.74) is 6.93. The Morgan fingerprint density at radius 2 is 1.21 bits per heavy atom. The quantitative estimate of drug-likeness (QED) is 0.148. The molecule has 1 aromatic carbocycles. The molecule has 166 valence electrons. The van der Waals surface area contributed by atoms with E-state index in [9.17, 15) is 4.79 Å². The van der Waals surface area contributed by atoms with Gasteiger partial charge in [0, 0.05) is 11.6 Å². The molecule has 0 fully saturated rings. The molecule has 2 N–H and O–H groups in total. The molecule has 0 spiro atoms. The molecule has 29 heavy (non-hydrogen) atoms. The average Bonchev–Trinajstić information content (AvgIpc) is 2.73. The maximum atomic E-state index is 11.3. The molecule has 4 nitrogen and oxygen atoms in total. The second-order valence-electron chi connectivity index (χ2n) is 7.98. The van der Waals surface area contributed by atoms with Gasteiger partial charge >= 0.3 is 0 Å². The first-order valence-corrected chi connectivity index (χ1v) is 11.9. The molecule has 1 rings (SSSR count). The largest absolute Gasteiger partial charge is 0.493 e. The molecule has 0 atom stereocenters. The van der Waals surface area contributed by atoms with Crippen molar-refractivity contribution in [2.75, 3.05) is 18.9 Å². The standard InChI is InChI=1S/C25H43NO3/c1-3-5-7-9-11-13-15-17-28-23-19-22(21-27)25(26)24(20-23)29-18-16-14-12-10-8-6-4-2/h19-21H,3-18,26H2,1-2H3. The molecule has 0 heterocycles. The zero-order valence-corrected chi connectivity index (χ0v) is 18.8. The minimum Gasteiger partial charge on any atom is -0.493 e. The highest BCUT2D eigenvalue weighted by atomic mass is 16.5. The first kappa shape index (κ1) is 25.3. The van der Waals surface area contributed by atoms with Crippen molar-refractivity contribution in [1.82, 2.24) is 0 Å². The summed E-state index contributed by atoms with van der Waals surface area (Å²) in [4.78, 5) is 11.3. The van der Waals surface area contributed by atoms with Gasteiger partial charge < -0.3 is 15.2 Å². The molecule has 0 amide bonds. The average molecular weight is 406 g/mol. The summed E-state index contributed by atoms with van der Waals surface area (Å²) < 4.78 is 11.7. The van der Waals surface area contributed by atoms with Gasteiger partial charge in [-0.15, -0.1) is 0 Å². The lowest BCUT2D eigenvalue weighted by atomic mass is 10.1. The lowest BCUT2D eigenvalue weighted by molar-refractivity contribution is 0.112. The molecular formula is C25H43NO3. The monoisotopic (exact) mass is 405 g/mol. The summed E-state index contributed by atoms with van der Waals surface area (Å²) in [6, 6.07) is 3.54. The first-order chi connectivity index (χ1) is 14.2. The SMILES string of the molecule is CCCCCCCCCOc1cc(C=O)c(N)c(OCCCCCCCCC)c1. The van der Waals surface area contributed by atoms with Crippen molar-refractivity contribution < 1.29 is 14.3 Å². The van der Waals surface area contributed by atoms with Gasteiger partial charge in [0.15, 0.2) is 6.29 Å². The third-order valence-corrected chi connectivity index (χ3v) is 5.30. The Kier molecular flexibility index (Phi) is 15.0. The number of nitrogens with two attached hydrogens (primary N) is 1. The predicted molar refractivity (Wildman–Crippen MR) is 123 cm³/mol. The van der Waals surface area contributed by atoms with Crippen LogP contribution in [0.1, 0.15) is 114 Å². The Morgan fingerprint density at radius 1 is 0.724 bits per heavy atom. The van der Waals surface area contributed by atoms with Crippen molar-refractivity contribution in [1.29, 1.82) is 0 Å². The molecule has 0 aliphatic carbocycles. The van der Waals surface area contributed by atoms with E-state index in [1.807, 2.05) is 6.07 Å². The Labute approximate surface area is 178 Å². The molecule has 0 saturated heterocycles. The van der Waals surface area contributed by atoms with Gasteiger partial charge in [0.05, 0.1) is 18.9 Å². The third-order valence-electron chi connectivity index (χ3n) is 5.30. The van der Waals surface area contributed by atoms with Crippen LogP contribution in [0.25, 0.3) is 0 Å². The van der Waals surface area contributed by atoms with Crippen LogP contribution >= 0.6 is 0 Å². The number of hydrogen-bond acceptors (Lipinski definition) is 4. The summed E-state index contributed by atoms with van der Waals surface area (Å²) >= 11 is 0. The number of carbonyl (C=O) groups excluding carboxylic acids is 1. The summed E-state index contributed by atoms with van der Waals surface area (Å²) in [6.07, 6.45) is 18.1. The minimum absolute atomic E-state index is 0.409. The Bertz CT molecular complexity index is 545. The van der Waals surface area contributed by atoms with Gasteiger partial charge in [-0.2, -0.15) is 0 Å². The molecule has 4 heteroatoms. The summed E-state index contributed by atoms with van der Waals surface area (Å²) in [5, 5.41) is 0. The maximum Gasteiger partial charge on any atom is 0.152 e. The summed E-state index contributed by atoms with van der Waals surface area (Å²) in [5.74, 6) is 1.23. The fourth-order valence-corrected chi connectivity index (χ4v) is 3.41. The number of ether oxygens (including phenoxy) is 2. The van der Waals surface area contributed by atoms with Crippen LogP contribution in [0.3, 0.4) is 0 Å². The van der Waals surface area contributed by atoms with Crippen molar-refractivity contribution in [3.05, 3.63) is 17.7 Å². The van der Waals surface area contributed by atoms with E-state index in [0.29, 0.717) is 36.0 Å². The molecule has 0 aliphatic heterocycles. The van der Waals surface area contributed by atoms with Crippen LogP contribution in [-0.2, 0) is 0 Å². The molecule has 0 saturated carbocycles. The van der Waals surface area contributed by atoms with E-state index in [1.54, 1.807) is 6.07 Å². The lowest BCUT2D eigenvalue weighted by Crippen LogP contribution is -2.05. The number of unbranched alkanes of at least 4 members (excludes halogenated alkanes) is 12. The number of aldehydes is 1. The molecular weight excluding hydrogens is 362 g/mol. The van der Waals surface area contributed by atoms with Crippen LogP contribution in [0.2, 0.25) is 0 Å². The van der Waals surface area contributed by atoms with Gasteiger partial charge in [0.1, 0.15) is 11.5 Å². The Morgan fingerprint density at radius 3 is 1.72 bits per heavy atom. The van der Waals surface area contributed by atoms with Crippen LogP contribution in [0.15, 0.2) is 12.1 Å². The number of carbonyl (C=O) groups is 1. The van der Waals surface area contributed by atoms with E-state index in [2.05, 4.69) is 13.8 Å². The summed E-state index contributed by atoms with van der Waals surface area (Å²) in [7, 11) is 0. The molecule has 0 bridgehead atoms. The smallest absolute Gasteiger partial charge is 0.152 e. The number of anilines is 1. The highest BCUT2D eigenvalue weighted by Crippen LogP contribution is 2.31. The van der Waals surface area contributed by atoms with Crippen LogP contribution in [-0.4, -0.2) is 19.5 Å². The topological polar surface area (TPSA) is 61.5 Å². The zero-order valence-electron chi connectivity index (χ0n) is 18.8. The fraction of sp³-hybridized carbons (Fsp3) is 0.720. The molecule has 1 aromatic rings. The van der Waals surface area contributed by atoms with Crippen molar-refractivity contribution >= 4 is 12.0 Å². The van der Waals surface area contributed by atoms with Crippen molar-refractivity contribution in [3.63, 3.8) is 0 Å². The Hall–Kier alpha value is -1.71. The van der Waals surface area contributed by atoms with Crippen LogP contribution in [0, 0.1) is 0 Å². The van der Waals surface area contributed by atoms with Gasteiger partial charge in [0.25, 0.3) is 0 Å². The van der Waals surface area contributed by atoms with Gasteiger partial charge in [-0.3, -0.25) is 4.79 Å². The normalized spacial score (nSPS) is 10.8. The molecule has 0 radical (unpaired) electrons. The highest BCUT2D eigenvalue weighted by molar-refractivity contribution is 5.86. The molecule has 0 unspecified atom stereocenters. The van der Waals surface area contributed by atoms with Crippen molar-refractivity contribution in [2.24, 2.45) is 0 Å². The van der Waals surface area contributed by atoms with Gasteiger partial charge in [-0.05, 0) is 18.9 Å². The Balaban J connectivity index is 2.34. The van der Waals surface area contributed by atoms with Crippen LogP contribution in [0.4, 0.5) is 5.69 Å². The second kappa shape index (κ2) is 17.2. The van der Waals surface area contributed by atoms with Crippen molar-refractivity contribution in [3.8, 4) is 11.5 Å². The van der Waals surface area contributed by atoms with Crippen molar-refractivity contribution in [2.45, 2.75) is 104 Å². The number of rotatable bonds is 19. The molecule has 0 aliphatic rings. The third kappa shape index (κ3) is 11.8. The van der Waals surface area contributed by atoms with E-state index < -0.39 is 0 Å². The van der Waals surface area contributed by atoms with E-state index in [-0.39, 0.29) is 0 Å². The zero-order chi connectivity index (χ0) is 21.2. The van der Waals surface area contributed by atoms with E-state index >= 15 is 0 Å². The maximum absolute atomic E-state index is 11.3. The fourth-order valence-electron chi connectivity index (χ4n) is 3.41. The highest BCUT2D eigenvalue weighted by Gasteiger charge is 2.10.